The van der Waals surface area contributed by atoms with Gasteiger partial charge in [0, 0.05) is 36.0 Å². The largest absolute Gasteiger partial charge is 0.328 e. The fourth-order valence-electron chi connectivity index (χ4n) is 3.62. The van der Waals surface area contributed by atoms with Crippen LogP contribution in [0, 0.1) is 12.3 Å². The van der Waals surface area contributed by atoms with Crippen LogP contribution < -0.4 is 5.32 Å². The van der Waals surface area contributed by atoms with E-state index in [0.29, 0.717) is 12.4 Å². The van der Waals surface area contributed by atoms with Crippen molar-refractivity contribution in [1.29, 1.82) is 0 Å². The molecule has 1 aliphatic heterocycles. The molecule has 0 fully saturated rings. The van der Waals surface area contributed by atoms with Crippen LogP contribution in [0.25, 0.3) is 0 Å². The monoisotopic (exact) mass is 312 g/mol. The molecule has 1 atom stereocenters. The predicted octanol–water partition coefficient (Wildman–Crippen LogP) is 1.98. The Bertz CT molecular complexity index is 841. The highest BCUT2D eigenvalue weighted by atomic mass is 16.1. The van der Waals surface area contributed by atoms with Crippen molar-refractivity contribution < 1.29 is 4.79 Å². The van der Waals surface area contributed by atoms with Crippen LogP contribution >= 0.6 is 0 Å². The molecule has 1 N–H and O–H groups in total. The van der Waals surface area contributed by atoms with Gasteiger partial charge in [-0.1, -0.05) is 13.8 Å². The minimum absolute atomic E-state index is 0.0420. The molecule has 0 radical (unpaired) electrons. The van der Waals surface area contributed by atoms with Crippen molar-refractivity contribution in [2.45, 2.75) is 39.7 Å². The maximum absolute atomic E-state index is 12.9. The number of carbonyl (C=O) groups excluding carboxylic acids is 1. The number of nitrogens with one attached hydrogen (secondary N) is 1. The van der Waals surface area contributed by atoms with Gasteiger partial charge in [-0.25, -0.2) is 4.68 Å². The second-order valence-electron chi connectivity index (χ2n) is 7.20. The van der Waals surface area contributed by atoms with Gasteiger partial charge in [-0.05, 0) is 18.8 Å². The van der Waals surface area contributed by atoms with E-state index >= 15 is 0 Å². The van der Waals surface area contributed by atoms with Gasteiger partial charge in [-0.2, -0.15) is 15.2 Å². The van der Waals surface area contributed by atoms with Crippen LogP contribution in [0.3, 0.4) is 0 Å². The molecule has 3 heterocycles. The minimum atomic E-state index is -0.249. The summed E-state index contributed by atoms with van der Waals surface area (Å²) in [6.45, 7) is 6.26. The third-order valence-corrected chi connectivity index (χ3v) is 4.84. The van der Waals surface area contributed by atoms with Crippen molar-refractivity contribution in [2.24, 2.45) is 12.5 Å². The number of hydrogen-bond donors (Lipinski definition) is 1. The van der Waals surface area contributed by atoms with Crippen molar-refractivity contribution in [3.8, 4) is 0 Å². The molecule has 2 aliphatic rings. The van der Waals surface area contributed by atoms with Gasteiger partial charge in [0.25, 0.3) is 0 Å². The van der Waals surface area contributed by atoms with Gasteiger partial charge < -0.3 is 5.32 Å². The highest BCUT2D eigenvalue weighted by Crippen LogP contribution is 2.45. The Morgan fingerprint density at radius 2 is 2.09 bits per heavy atom. The summed E-state index contributed by atoms with van der Waals surface area (Å²) in [5.74, 6) is 0.862. The van der Waals surface area contributed by atoms with Crippen LogP contribution in [0.15, 0.2) is 23.8 Å². The maximum atomic E-state index is 12.9. The van der Waals surface area contributed by atoms with Gasteiger partial charge >= 0.3 is 0 Å². The molecule has 0 saturated carbocycles. The lowest BCUT2D eigenvalue weighted by Gasteiger charge is -2.38. The first kappa shape index (κ1) is 14.2. The lowest BCUT2D eigenvalue weighted by atomic mass is 9.73. The predicted molar refractivity (Wildman–Crippen MR) is 84.8 cm³/mol. The number of anilines is 1. The Morgan fingerprint density at radius 1 is 1.30 bits per heavy atom. The molecule has 2 aromatic heterocycles. The maximum Gasteiger partial charge on any atom is 0.226 e. The SMILES string of the molecule is Cc1c([C@@H]2C3=C(CC(C)(C)CC3=O)Nc3ncnn32)cnn1C. The smallest absolute Gasteiger partial charge is 0.226 e. The molecule has 7 nitrogen and oxygen atoms in total. The molecular formula is C16H20N6O. The average Bonchev–Trinajstić information content (AvgIpc) is 3.03. The Labute approximate surface area is 134 Å². The molecular weight excluding hydrogens is 292 g/mol. The van der Waals surface area contributed by atoms with E-state index in [1.807, 2.05) is 24.9 Å². The number of hydrogen-bond acceptors (Lipinski definition) is 5. The highest BCUT2D eigenvalue weighted by molar-refractivity contribution is 6.00. The zero-order valence-electron chi connectivity index (χ0n) is 13.8. The molecule has 0 bridgehead atoms. The summed E-state index contributed by atoms with van der Waals surface area (Å²) in [6.07, 6.45) is 4.73. The van der Waals surface area contributed by atoms with Gasteiger partial charge in [-0.15, -0.1) is 0 Å². The van der Waals surface area contributed by atoms with E-state index in [2.05, 4.69) is 34.3 Å². The molecule has 0 saturated heterocycles. The first-order valence-corrected chi connectivity index (χ1v) is 7.79. The number of Topliss-reactive ketones (excluding diaryl/α,β-unsaturated/α-hetero) is 1. The molecule has 120 valence electrons. The van der Waals surface area contributed by atoms with E-state index in [0.717, 1.165) is 28.9 Å². The van der Waals surface area contributed by atoms with Crippen molar-refractivity contribution >= 4 is 11.7 Å². The van der Waals surface area contributed by atoms with Gasteiger partial charge in [-0.3, -0.25) is 9.48 Å². The van der Waals surface area contributed by atoms with E-state index in [1.165, 1.54) is 6.33 Å². The quantitative estimate of drug-likeness (QED) is 0.871. The molecule has 4 rings (SSSR count). The summed E-state index contributed by atoms with van der Waals surface area (Å²) >= 11 is 0. The van der Waals surface area contributed by atoms with Crippen molar-refractivity contribution in [3.63, 3.8) is 0 Å². The third-order valence-electron chi connectivity index (χ3n) is 4.84. The molecule has 23 heavy (non-hydrogen) atoms. The minimum Gasteiger partial charge on any atom is -0.328 e. The Hall–Kier alpha value is -2.44. The Morgan fingerprint density at radius 3 is 2.78 bits per heavy atom. The summed E-state index contributed by atoms with van der Waals surface area (Å²) in [7, 11) is 1.91. The summed E-state index contributed by atoms with van der Waals surface area (Å²) < 4.78 is 3.62. The summed E-state index contributed by atoms with van der Waals surface area (Å²) in [4.78, 5) is 17.2. The van der Waals surface area contributed by atoms with Gasteiger partial charge in [0.2, 0.25) is 5.95 Å². The number of rotatable bonds is 1. The second kappa shape index (κ2) is 4.53. The normalized spacial score (nSPS) is 22.6. The molecule has 2 aromatic rings. The molecule has 0 spiro atoms. The van der Waals surface area contributed by atoms with E-state index in [9.17, 15) is 4.79 Å². The third kappa shape index (κ3) is 2.03. The number of ketones is 1. The molecule has 0 amide bonds. The van der Waals surface area contributed by atoms with E-state index < -0.39 is 0 Å². The van der Waals surface area contributed by atoms with Crippen LogP contribution in [0.5, 0.6) is 0 Å². The van der Waals surface area contributed by atoms with Crippen molar-refractivity contribution in [3.05, 3.63) is 35.1 Å². The standard InChI is InChI=1S/C16H20N6O/c1-9-10(7-18-21(9)4)14-13-11(5-16(2,3)6-12(13)23)20-15-17-8-19-22(14)15/h7-8,14H,5-6H2,1-4H3,(H,17,19,20)/t14-/m1/s1. The van der Waals surface area contributed by atoms with E-state index in [-0.39, 0.29) is 17.2 Å². The number of fused-ring (bicyclic) bond motifs is 1. The van der Waals surface area contributed by atoms with Gasteiger partial charge in [0.1, 0.15) is 12.4 Å². The number of aromatic nitrogens is 5. The fourth-order valence-corrected chi connectivity index (χ4v) is 3.62. The van der Waals surface area contributed by atoms with Crippen LogP contribution in [0.1, 0.15) is 44.0 Å². The van der Waals surface area contributed by atoms with Crippen molar-refractivity contribution in [2.75, 3.05) is 5.32 Å². The van der Waals surface area contributed by atoms with Gasteiger partial charge in [0.05, 0.1) is 6.20 Å². The second-order valence-corrected chi connectivity index (χ2v) is 7.20. The molecule has 7 heteroatoms. The number of carbonyl (C=O) groups is 1. The van der Waals surface area contributed by atoms with Crippen LogP contribution in [0.2, 0.25) is 0 Å². The van der Waals surface area contributed by atoms with E-state index in [4.69, 9.17) is 0 Å². The Kier molecular flexibility index (Phi) is 2.79. The van der Waals surface area contributed by atoms with Gasteiger partial charge in [0.15, 0.2) is 5.78 Å². The lowest BCUT2D eigenvalue weighted by molar-refractivity contribution is -0.118. The zero-order chi connectivity index (χ0) is 16.4. The summed E-state index contributed by atoms with van der Waals surface area (Å²) in [5.41, 5.74) is 3.77. The summed E-state index contributed by atoms with van der Waals surface area (Å²) in [5, 5.41) is 12.0. The zero-order valence-corrected chi connectivity index (χ0v) is 13.8. The van der Waals surface area contributed by atoms with Crippen LogP contribution in [-0.2, 0) is 11.8 Å². The molecule has 1 aliphatic carbocycles. The van der Waals surface area contributed by atoms with Crippen LogP contribution in [0.4, 0.5) is 5.95 Å². The van der Waals surface area contributed by atoms with Crippen LogP contribution in [-0.4, -0.2) is 30.3 Å². The Balaban J connectivity index is 1.93. The molecule has 0 aromatic carbocycles. The van der Waals surface area contributed by atoms with Crippen molar-refractivity contribution in [1.82, 2.24) is 24.5 Å². The fraction of sp³-hybridized carbons (Fsp3) is 0.500. The number of aryl methyl sites for hydroxylation is 1. The summed E-state index contributed by atoms with van der Waals surface area (Å²) in [6, 6.07) is -0.249. The first-order chi connectivity index (χ1) is 10.9. The first-order valence-electron chi connectivity index (χ1n) is 7.79. The lowest BCUT2D eigenvalue weighted by Crippen LogP contribution is -2.36. The number of nitrogens with zero attached hydrogens (tertiary/aromatic N) is 5. The average molecular weight is 312 g/mol. The molecule has 0 unspecified atom stereocenters. The van der Waals surface area contributed by atoms with E-state index in [1.54, 1.807) is 4.68 Å². The topological polar surface area (TPSA) is 77.6 Å². The number of allylic oxidation sites excluding steroid dienone is 2. The highest BCUT2D eigenvalue weighted by Gasteiger charge is 2.42.